The van der Waals surface area contributed by atoms with Gasteiger partial charge in [0, 0.05) is 24.5 Å². The van der Waals surface area contributed by atoms with Crippen molar-refractivity contribution in [2.75, 3.05) is 32.2 Å². The summed E-state index contributed by atoms with van der Waals surface area (Å²) in [6.07, 6.45) is 1.21. The minimum Gasteiger partial charge on any atom is -0.493 e. The largest absolute Gasteiger partial charge is 0.493 e. The molecule has 1 N–H and O–H groups in total. The van der Waals surface area contributed by atoms with E-state index in [1.165, 1.54) is 0 Å². The summed E-state index contributed by atoms with van der Waals surface area (Å²) in [6, 6.07) is 13.5. The van der Waals surface area contributed by atoms with Gasteiger partial charge in [-0.25, -0.2) is 4.98 Å². The Morgan fingerprint density at radius 2 is 1.64 bits per heavy atom. The number of aromatic nitrogens is 2. The van der Waals surface area contributed by atoms with Crippen molar-refractivity contribution in [3.63, 3.8) is 0 Å². The molecule has 146 valence electrons. The summed E-state index contributed by atoms with van der Waals surface area (Å²) in [7, 11) is 3.18. The first-order valence-electron chi connectivity index (χ1n) is 9.16. The Labute approximate surface area is 168 Å². The highest BCUT2D eigenvalue weighted by Crippen LogP contribution is 2.39. The maximum Gasteiger partial charge on any atom is 0.224 e. The maximum atomic E-state index is 11.1. The molecule has 1 saturated heterocycles. The van der Waals surface area contributed by atoms with Gasteiger partial charge < -0.3 is 19.5 Å². The second-order valence-electron chi connectivity index (χ2n) is 6.93. The molecule has 0 amide bonds. The van der Waals surface area contributed by atoms with Gasteiger partial charge in [0.25, 0.3) is 0 Å². The third-order valence-electron chi connectivity index (χ3n) is 5.35. The molecule has 3 aromatic rings. The molecular weight excluding hydrogens is 378 g/mol. The lowest BCUT2D eigenvalue weighted by molar-refractivity contribution is 0.0117. The molecule has 0 saturated carbocycles. The van der Waals surface area contributed by atoms with Crippen LogP contribution in [0.3, 0.4) is 0 Å². The molecule has 2 aromatic carbocycles. The first kappa shape index (κ1) is 18.8. The number of hydrogen-bond donors (Lipinski definition) is 1. The molecule has 7 heteroatoms. The molecule has 0 unspecified atom stereocenters. The van der Waals surface area contributed by atoms with Crippen LogP contribution in [0.1, 0.15) is 18.4 Å². The topological polar surface area (TPSA) is 67.7 Å². The molecule has 1 aromatic heterocycles. The average molecular weight is 400 g/mol. The lowest BCUT2D eigenvalue weighted by atomic mass is 9.84. The van der Waals surface area contributed by atoms with Gasteiger partial charge in [0.1, 0.15) is 5.82 Å². The minimum absolute atomic E-state index is 0.179. The van der Waals surface area contributed by atoms with Gasteiger partial charge in [-0.2, -0.15) is 4.98 Å². The number of methoxy groups -OCH3 is 2. The Hall–Kier alpha value is -2.57. The lowest BCUT2D eigenvalue weighted by Crippen LogP contribution is -2.43. The van der Waals surface area contributed by atoms with E-state index < -0.39 is 5.60 Å². The van der Waals surface area contributed by atoms with Crippen LogP contribution in [-0.2, 0) is 5.60 Å². The number of fused-ring (bicyclic) bond motifs is 1. The van der Waals surface area contributed by atoms with E-state index in [0.717, 1.165) is 16.8 Å². The molecule has 0 aliphatic carbocycles. The first-order valence-corrected chi connectivity index (χ1v) is 9.54. The first-order chi connectivity index (χ1) is 13.5. The van der Waals surface area contributed by atoms with Crippen LogP contribution in [0, 0.1) is 0 Å². The molecule has 1 aliphatic heterocycles. The highest BCUT2D eigenvalue weighted by Gasteiger charge is 2.34. The Balaban J connectivity index is 1.68. The average Bonchev–Trinajstić information content (AvgIpc) is 2.73. The number of rotatable bonds is 4. The highest BCUT2D eigenvalue weighted by atomic mass is 35.5. The summed E-state index contributed by atoms with van der Waals surface area (Å²) in [6.45, 7) is 1.31. The Bertz CT molecular complexity index is 989. The van der Waals surface area contributed by atoms with Crippen LogP contribution in [0.25, 0.3) is 10.9 Å². The van der Waals surface area contributed by atoms with Gasteiger partial charge in [-0.3, -0.25) is 0 Å². The van der Waals surface area contributed by atoms with E-state index >= 15 is 0 Å². The molecule has 0 bridgehead atoms. The molecule has 0 atom stereocenters. The summed E-state index contributed by atoms with van der Waals surface area (Å²) in [5.74, 6) is 1.94. The highest BCUT2D eigenvalue weighted by molar-refractivity contribution is 6.28. The van der Waals surface area contributed by atoms with Crippen molar-refractivity contribution in [2.24, 2.45) is 0 Å². The van der Waals surface area contributed by atoms with Crippen LogP contribution < -0.4 is 14.4 Å². The molecular formula is C21H22ClN3O3. The van der Waals surface area contributed by atoms with Gasteiger partial charge in [0.2, 0.25) is 5.28 Å². The van der Waals surface area contributed by atoms with Crippen molar-refractivity contribution in [3.05, 3.63) is 53.3 Å². The predicted molar refractivity (Wildman–Crippen MR) is 109 cm³/mol. The SMILES string of the molecule is COc1cc2nc(Cl)nc(N3CCC(O)(c4ccccc4)CC3)c2cc1OC. The number of halogens is 1. The molecule has 6 nitrogen and oxygen atoms in total. The third kappa shape index (κ3) is 3.34. The predicted octanol–water partition coefficient (Wildman–Crippen LogP) is 3.79. The van der Waals surface area contributed by atoms with Crippen molar-refractivity contribution in [1.29, 1.82) is 0 Å². The fourth-order valence-corrected chi connectivity index (χ4v) is 3.95. The third-order valence-corrected chi connectivity index (χ3v) is 5.52. The molecule has 1 fully saturated rings. The van der Waals surface area contributed by atoms with Crippen molar-refractivity contribution >= 4 is 28.3 Å². The van der Waals surface area contributed by atoms with E-state index in [0.29, 0.717) is 42.9 Å². The fourth-order valence-electron chi connectivity index (χ4n) is 3.78. The van der Waals surface area contributed by atoms with Crippen LogP contribution in [0.15, 0.2) is 42.5 Å². The molecule has 2 heterocycles. The lowest BCUT2D eigenvalue weighted by Gasteiger charge is -2.39. The van der Waals surface area contributed by atoms with Gasteiger partial charge in [-0.15, -0.1) is 0 Å². The summed E-state index contributed by atoms with van der Waals surface area (Å²) in [4.78, 5) is 11.0. The van der Waals surface area contributed by atoms with Gasteiger partial charge in [-0.1, -0.05) is 30.3 Å². The van der Waals surface area contributed by atoms with Crippen LogP contribution in [0.5, 0.6) is 11.5 Å². The van der Waals surface area contributed by atoms with Gasteiger partial charge in [0.05, 0.1) is 25.3 Å². The summed E-state index contributed by atoms with van der Waals surface area (Å²) in [5.41, 5.74) is 0.814. The standard InChI is InChI=1S/C21H22ClN3O3/c1-27-17-12-15-16(13-18(17)28-2)23-20(22)24-19(15)25-10-8-21(26,9-11-25)14-6-4-3-5-7-14/h3-7,12-13,26H,8-11H2,1-2H3. The van der Waals surface area contributed by atoms with Crippen LogP contribution in [0.4, 0.5) is 5.82 Å². The summed E-state index contributed by atoms with van der Waals surface area (Å²) in [5, 5.41) is 12.1. The number of piperidine rings is 1. The van der Waals surface area contributed by atoms with E-state index in [9.17, 15) is 5.11 Å². The molecule has 28 heavy (non-hydrogen) atoms. The Morgan fingerprint density at radius 1 is 1.00 bits per heavy atom. The second-order valence-corrected chi connectivity index (χ2v) is 7.26. The number of ether oxygens (including phenoxy) is 2. The van der Waals surface area contributed by atoms with Crippen LogP contribution >= 0.6 is 11.6 Å². The smallest absolute Gasteiger partial charge is 0.224 e. The number of hydrogen-bond acceptors (Lipinski definition) is 6. The molecule has 0 radical (unpaired) electrons. The summed E-state index contributed by atoms with van der Waals surface area (Å²) < 4.78 is 10.8. The second kappa shape index (κ2) is 7.45. The monoisotopic (exact) mass is 399 g/mol. The number of nitrogens with zero attached hydrogens (tertiary/aromatic N) is 3. The zero-order valence-corrected chi connectivity index (χ0v) is 16.6. The Kier molecular flexibility index (Phi) is 5.00. The van der Waals surface area contributed by atoms with Crippen molar-refractivity contribution in [3.8, 4) is 11.5 Å². The number of anilines is 1. The molecule has 1 aliphatic rings. The quantitative estimate of drug-likeness (QED) is 0.673. The minimum atomic E-state index is -0.828. The summed E-state index contributed by atoms with van der Waals surface area (Å²) >= 11 is 6.19. The van der Waals surface area contributed by atoms with E-state index in [1.54, 1.807) is 20.3 Å². The Morgan fingerprint density at radius 3 is 2.29 bits per heavy atom. The number of benzene rings is 2. The van der Waals surface area contributed by atoms with Crippen LogP contribution in [-0.4, -0.2) is 42.4 Å². The van der Waals surface area contributed by atoms with Crippen molar-refractivity contribution in [1.82, 2.24) is 9.97 Å². The zero-order valence-electron chi connectivity index (χ0n) is 15.9. The fraction of sp³-hybridized carbons (Fsp3) is 0.333. The van der Waals surface area contributed by atoms with Crippen molar-refractivity contribution in [2.45, 2.75) is 18.4 Å². The zero-order chi connectivity index (χ0) is 19.7. The van der Waals surface area contributed by atoms with E-state index in [1.807, 2.05) is 36.4 Å². The van der Waals surface area contributed by atoms with Gasteiger partial charge >= 0.3 is 0 Å². The van der Waals surface area contributed by atoms with Crippen molar-refractivity contribution < 1.29 is 14.6 Å². The maximum absolute atomic E-state index is 11.1. The van der Waals surface area contributed by atoms with E-state index in [-0.39, 0.29) is 5.28 Å². The van der Waals surface area contributed by atoms with E-state index in [2.05, 4.69) is 14.9 Å². The number of aliphatic hydroxyl groups is 1. The molecule has 4 rings (SSSR count). The molecule has 0 spiro atoms. The van der Waals surface area contributed by atoms with E-state index in [4.69, 9.17) is 21.1 Å². The van der Waals surface area contributed by atoms with Gasteiger partial charge in [0.15, 0.2) is 11.5 Å². The van der Waals surface area contributed by atoms with Crippen LogP contribution in [0.2, 0.25) is 5.28 Å². The normalized spacial score (nSPS) is 16.2. The van der Waals surface area contributed by atoms with Gasteiger partial charge in [-0.05, 0) is 36.1 Å².